The van der Waals surface area contributed by atoms with Crippen molar-refractivity contribution in [1.29, 1.82) is 0 Å². The summed E-state index contributed by atoms with van der Waals surface area (Å²) in [5.41, 5.74) is 0.931. The van der Waals surface area contributed by atoms with Gasteiger partial charge in [-0.15, -0.1) is 10.2 Å². The van der Waals surface area contributed by atoms with E-state index in [2.05, 4.69) is 25.4 Å². The van der Waals surface area contributed by atoms with Crippen molar-refractivity contribution < 1.29 is 9.59 Å². The predicted molar refractivity (Wildman–Crippen MR) is 111 cm³/mol. The van der Waals surface area contributed by atoms with E-state index >= 15 is 0 Å². The SMILES string of the molecule is CC(C)C(NC(=O)Cc1ccccc1)C(=O)NCCc1nnc2n1CCCCC2. The molecule has 0 fully saturated rings. The molecule has 1 aliphatic heterocycles. The highest BCUT2D eigenvalue weighted by Crippen LogP contribution is 2.14. The zero-order valence-corrected chi connectivity index (χ0v) is 17.4. The van der Waals surface area contributed by atoms with Crippen LogP contribution >= 0.6 is 0 Å². The summed E-state index contributed by atoms with van der Waals surface area (Å²) in [4.78, 5) is 25.0. The normalized spacial score (nSPS) is 14.7. The van der Waals surface area contributed by atoms with Gasteiger partial charge in [-0.1, -0.05) is 50.6 Å². The Balaban J connectivity index is 1.51. The van der Waals surface area contributed by atoms with Crippen LogP contribution < -0.4 is 10.6 Å². The molecule has 0 saturated heterocycles. The highest BCUT2D eigenvalue weighted by molar-refractivity contribution is 5.88. The van der Waals surface area contributed by atoms with E-state index in [4.69, 9.17) is 0 Å². The largest absolute Gasteiger partial charge is 0.354 e. The van der Waals surface area contributed by atoms with Gasteiger partial charge in [-0.2, -0.15) is 0 Å². The molecule has 29 heavy (non-hydrogen) atoms. The van der Waals surface area contributed by atoms with Gasteiger partial charge in [-0.05, 0) is 24.3 Å². The van der Waals surface area contributed by atoms with Gasteiger partial charge in [-0.3, -0.25) is 9.59 Å². The molecule has 0 saturated carbocycles. The molecule has 1 aromatic heterocycles. The lowest BCUT2D eigenvalue weighted by molar-refractivity contribution is -0.129. The van der Waals surface area contributed by atoms with Crippen LogP contribution in [-0.2, 0) is 35.4 Å². The van der Waals surface area contributed by atoms with Gasteiger partial charge in [0.15, 0.2) is 0 Å². The van der Waals surface area contributed by atoms with Crippen molar-refractivity contribution in [2.24, 2.45) is 5.92 Å². The van der Waals surface area contributed by atoms with Crippen LogP contribution in [0.3, 0.4) is 0 Å². The molecule has 7 nitrogen and oxygen atoms in total. The van der Waals surface area contributed by atoms with Crippen LogP contribution in [-0.4, -0.2) is 39.2 Å². The predicted octanol–water partition coefficient (Wildman–Crippen LogP) is 2.05. The topological polar surface area (TPSA) is 88.9 Å². The second-order valence-corrected chi connectivity index (χ2v) is 7.99. The molecule has 1 aliphatic rings. The van der Waals surface area contributed by atoms with Crippen molar-refractivity contribution >= 4 is 11.8 Å². The number of carbonyl (C=O) groups is 2. The minimum Gasteiger partial charge on any atom is -0.354 e. The van der Waals surface area contributed by atoms with E-state index in [1.54, 1.807) is 0 Å². The van der Waals surface area contributed by atoms with Crippen LogP contribution in [0.15, 0.2) is 30.3 Å². The summed E-state index contributed by atoms with van der Waals surface area (Å²) in [6, 6.07) is 8.99. The fourth-order valence-corrected chi connectivity index (χ4v) is 3.68. The Labute approximate surface area is 172 Å². The van der Waals surface area contributed by atoms with E-state index in [-0.39, 0.29) is 24.2 Å². The molecule has 3 rings (SSSR count). The first-order valence-electron chi connectivity index (χ1n) is 10.6. The highest BCUT2D eigenvalue weighted by atomic mass is 16.2. The third kappa shape index (κ3) is 5.89. The number of aromatic nitrogens is 3. The standard InChI is InChI=1S/C22H31N5O2/c1-16(2)21(24-20(28)15-17-9-5-3-6-10-17)22(29)23-13-12-19-26-25-18-11-7-4-8-14-27(18)19/h3,5-6,9-10,16,21H,4,7-8,11-15H2,1-2H3,(H,23,29)(H,24,28). The van der Waals surface area contributed by atoms with Crippen LogP contribution in [0.2, 0.25) is 0 Å². The zero-order chi connectivity index (χ0) is 20.6. The molecule has 2 amide bonds. The number of carbonyl (C=O) groups excluding carboxylic acids is 2. The van der Waals surface area contributed by atoms with Gasteiger partial charge in [0, 0.05) is 25.9 Å². The van der Waals surface area contributed by atoms with Crippen molar-refractivity contribution in [3.63, 3.8) is 0 Å². The van der Waals surface area contributed by atoms with Crippen molar-refractivity contribution in [2.45, 2.75) is 65.0 Å². The number of nitrogens with one attached hydrogen (secondary N) is 2. The molecule has 0 spiro atoms. The maximum atomic E-state index is 12.7. The maximum Gasteiger partial charge on any atom is 0.242 e. The summed E-state index contributed by atoms with van der Waals surface area (Å²) >= 11 is 0. The fourth-order valence-electron chi connectivity index (χ4n) is 3.68. The number of rotatable bonds is 8. The second kappa shape index (κ2) is 10.2. The first-order valence-corrected chi connectivity index (χ1v) is 10.6. The quantitative estimate of drug-likeness (QED) is 0.713. The molecule has 156 valence electrons. The van der Waals surface area contributed by atoms with Crippen molar-refractivity contribution in [3.05, 3.63) is 47.5 Å². The maximum absolute atomic E-state index is 12.7. The number of amides is 2. The third-order valence-corrected chi connectivity index (χ3v) is 5.31. The van der Waals surface area contributed by atoms with Crippen molar-refractivity contribution in [2.75, 3.05) is 6.54 Å². The summed E-state index contributed by atoms with van der Waals surface area (Å²) < 4.78 is 2.20. The van der Waals surface area contributed by atoms with Gasteiger partial charge < -0.3 is 15.2 Å². The monoisotopic (exact) mass is 397 g/mol. The van der Waals surface area contributed by atoms with E-state index in [0.717, 1.165) is 43.0 Å². The molecule has 7 heteroatoms. The lowest BCUT2D eigenvalue weighted by Crippen LogP contribution is -2.50. The zero-order valence-electron chi connectivity index (χ0n) is 17.4. The van der Waals surface area contributed by atoms with Crippen LogP contribution in [0.5, 0.6) is 0 Å². The first-order chi connectivity index (χ1) is 14.0. The molecule has 1 aromatic carbocycles. The lowest BCUT2D eigenvalue weighted by Gasteiger charge is -2.22. The molecule has 2 aromatic rings. The van der Waals surface area contributed by atoms with Gasteiger partial charge in [-0.25, -0.2) is 0 Å². The van der Waals surface area contributed by atoms with Crippen LogP contribution in [0.25, 0.3) is 0 Å². The molecular weight excluding hydrogens is 366 g/mol. The van der Waals surface area contributed by atoms with Crippen LogP contribution in [0.1, 0.15) is 50.3 Å². The van der Waals surface area contributed by atoms with Gasteiger partial charge >= 0.3 is 0 Å². The van der Waals surface area contributed by atoms with Crippen molar-refractivity contribution in [1.82, 2.24) is 25.4 Å². The number of nitrogens with zero attached hydrogens (tertiary/aromatic N) is 3. The van der Waals surface area contributed by atoms with E-state index in [0.29, 0.717) is 13.0 Å². The second-order valence-electron chi connectivity index (χ2n) is 7.99. The molecular formula is C22H31N5O2. The number of benzene rings is 1. The number of fused-ring (bicyclic) bond motifs is 1. The third-order valence-electron chi connectivity index (χ3n) is 5.31. The molecule has 0 bridgehead atoms. The number of hydrogen-bond donors (Lipinski definition) is 2. The van der Waals surface area contributed by atoms with Crippen molar-refractivity contribution in [3.8, 4) is 0 Å². The summed E-state index contributed by atoms with van der Waals surface area (Å²) in [6.45, 7) is 5.31. The Morgan fingerprint density at radius 1 is 1.10 bits per heavy atom. The van der Waals surface area contributed by atoms with E-state index in [1.165, 1.54) is 6.42 Å². The Morgan fingerprint density at radius 2 is 1.90 bits per heavy atom. The summed E-state index contributed by atoms with van der Waals surface area (Å²) in [6.07, 6.45) is 5.41. The smallest absolute Gasteiger partial charge is 0.242 e. The first kappa shape index (κ1) is 21.0. The van der Waals surface area contributed by atoms with Gasteiger partial charge in [0.2, 0.25) is 11.8 Å². The summed E-state index contributed by atoms with van der Waals surface area (Å²) in [5, 5.41) is 14.4. The minimum atomic E-state index is -0.554. The Kier molecular flexibility index (Phi) is 7.38. The molecule has 0 aliphatic carbocycles. The highest BCUT2D eigenvalue weighted by Gasteiger charge is 2.24. The van der Waals surface area contributed by atoms with Gasteiger partial charge in [0.05, 0.1) is 6.42 Å². The average molecular weight is 398 g/mol. The fraction of sp³-hybridized carbons (Fsp3) is 0.545. The lowest BCUT2D eigenvalue weighted by atomic mass is 10.0. The summed E-state index contributed by atoms with van der Waals surface area (Å²) in [5.74, 6) is 1.68. The minimum absolute atomic E-state index is 0.000845. The molecule has 0 radical (unpaired) electrons. The van der Waals surface area contributed by atoms with Gasteiger partial charge in [0.25, 0.3) is 0 Å². The molecule has 1 unspecified atom stereocenters. The van der Waals surface area contributed by atoms with E-state index in [9.17, 15) is 9.59 Å². The number of aryl methyl sites for hydroxylation is 1. The average Bonchev–Trinajstić information content (AvgIpc) is 2.93. The van der Waals surface area contributed by atoms with Crippen LogP contribution in [0.4, 0.5) is 0 Å². The molecule has 2 heterocycles. The number of hydrogen-bond acceptors (Lipinski definition) is 4. The molecule has 1 atom stereocenters. The van der Waals surface area contributed by atoms with Gasteiger partial charge in [0.1, 0.15) is 17.7 Å². The van der Waals surface area contributed by atoms with Crippen LogP contribution in [0, 0.1) is 5.92 Å². The Morgan fingerprint density at radius 3 is 2.66 bits per heavy atom. The van der Waals surface area contributed by atoms with E-state index in [1.807, 2.05) is 44.2 Å². The molecule has 2 N–H and O–H groups in total. The Hall–Kier alpha value is -2.70. The Bertz CT molecular complexity index is 816. The summed E-state index contributed by atoms with van der Waals surface area (Å²) in [7, 11) is 0. The van der Waals surface area contributed by atoms with E-state index < -0.39 is 6.04 Å².